The van der Waals surface area contributed by atoms with Crippen LogP contribution in [0.25, 0.3) is 11.0 Å². The molecule has 0 fully saturated rings. The Hall–Kier alpha value is -3.06. The highest BCUT2D eigenvalue weighted by molar-refractivity contribution is 6.31. The van der Waals surface area contributed by atoms with E-state index in [-0.39, 0.29) is 11.8 Å². The van der Waals surface area contributed by atoms with Gasteiger partial charge in [-0.2, -0.15) is 0 Å². The standard InChI is InChI=1S/C18H18ClN5O2/c1-9-13(19)5-4-6-14(9)22-17(26)12-7-11(21-10(2)25)8-15-16(12)24-18(20-3)23-15/h4-8H,1-3H3,(H,21,25)(H,22,26)(H2,20,23,24). The van der Waals surface area contributed by atoms with E-state index < -0.39 is 0 Å². The fourth-order valence-corrected chi connectivity index (χ4v) is 2.79. The number of nitrogens with zero attached hydrogens (tertiary/aromatic N) is 1. The van der Waals surface area contributed by atoms with Gasteiger partial charge in [-0.15, -0.1) is 0 Å². The summed E-state index contributed by atoms with van der Waals surface area (Å²) in [5, 5.41) is 9.03. The van der Waals surface area contributed by atoms with E-state index in [0.29, 0.717) is 38.9 Å². The van der Waals surface area contributed by atoms with Crippen molar-refractivity contribution in [1.29, 1.82) is 0 Å². The average molecular weight is 372 g/mol. The fourth-order valence-electron chi connectivity index (χ4n) is 2.62. The van der Waals surface area contributed by atoms with Crippen LogP contribution in [0.15, 0.2) is 30.3 Å². The molecule has 0 aliphatic carbocycles. The molecule has 0 aliphatic rings. The number of imidazole rings is 1. The largest absolute Gasteiger partial charge is 0.359 e. The fraction of sp³-hybridized carbons (Fsp3) is 0.167. The molecule has 1 heterocycles. The van der Waals surface area contributed by atoms with Gasteiger partial charge in [0.05, 0.1) is 11.1 Å². The zero-order chi connectivity index (χ0) is 18.8. The molecule has 3 aromatic rings. The number of aromatic amines is 1. The van der Waals surface area contributed by atoms with Crippen LogP contribution in [-0.2, 0) is 4.79 Å². The van der Waals surface area contributed by atoms with Gasteiger partial charge in [-0.3, -0.25) is 9.59 Å². The van der Waals surface area contributed by atoms with Gasteiger partial charge in [-0.25, -0.2) is 4.98 Å². The molecule has 7 nitrogen and oxygen atoms in total. The lowest BCUT2D eigenvalue weighted by Crippen LogP contribution is -2.14. The van der Waals surface area contributed by atoms with Crippen molar-refractivity contribution in [2.45, 2.75) is 13.8 Å². The number of H-pyrrole nitrogens is 1. The summed E-state index contributed by atoms with van der Waals surface area (Å²) in [5.74, 6) is -0.0515. The minimum absolute atomic E-state index is 0.227. The summed E-state index contributed by atoms with van der Waals surface area (Å²) >= 11 is 6.12. The number of halogens is 1. The Balaban J connectivity index is 2.06. The molecule has 2 amide bonds. The quantitative estimate of drug-likeness (QED) is 0.561. The number of hydrogen-bond donors (Lipinski definition) is 4. The molecule has 3 rings (SSSR count). The van der Waals surface area contributed by atoms with Gasteiger partial charge < -0.3 is 20.9 Å². The molecule has 0 radical (unpaired) electrons. The second-order valence-corrected chi connectivity index (χ2v) is 6.21. The van der Waals surface area contributed by atoms with Gasteiger partial charge in [0.1, 0.15) is 5.52 Å². The smallest absolute Gasteiger partial charge is 0.258 e. The van der Waals surface area contributed by atoms with Crippen LogP contribution >= 0.6 is 11.6 Å². The number of rotatable bonds is 4. The molecule has 0 spiro atoms. The van der Waals surface area contributed by atoms with E-state index in [1.165, 1.54) is 6.92 Å². The van der Waals surface area contributed by atoms with E-state index in [0.717, 1.165) is 5.56 Å². The highest BCUT2D eigenvalue weighted by Gasteiger charge is 2.17. The zero-order valence-corrected chi connectivity index (χ0v) is 15.3. The molecule has 134 valence electrons. The van der Waals surface area contributed by atoms with Gasteiger partial charge in [-0.05, 0) is 36.8 Å². The predicted octanol–water partition coefficient (Wildman–Crippen LogP) is 3.78. The summed E-state index contributed by atoms with van der Waals surface area (Å²) in [6, 6.07) is 8.62. The number of nitrogens with one attached hydrogen (secondary N) is 4. The molecule has 2 aromatic carbocycles. The third-order valence-corrected chi connectivity index (χ3v) is 4.31. The highest BCUT2D eigenvalue weighted by Crippen LogP contribution is 2.27. The molecule has 0 unspecified atom stereocenters. The monoisotopic (exact) mass is 371 g/mol. The Morgan fingerprint density at radius 1 is 1.19 bits per heavy atom. The summed E-state index contributed by atoms with van der Waals surface area (Å²) in [7, 11) is 1.72. The third kappa shape index (κ3) is 3.48. The first kappa shape index (κ1) is 17.8. The topological polar surface area (TPSA) is 98.9 Å². The predicted molar refractivity (Wildman–Crippen MR) is 104 cm³/mol. The lowest BCUT2D eigenvalue weighted by molar-refractivity contribution is -0.114. The van der Waals surface area contributed by atoms with Crippen molar-refractivity contribution in [3.8, 4) is 0 Å². The molecule has 0 bridgehead atoms. The normalized spacial score (nSPS) is 10.6. The van der Waals surface area contributed by atoms with E-state index in [9.17, 15) is 9.59 Å². The number of amides is 2. The number of aromatic nitrogens is 2. The Morgan fingerprint density at radius 2 is 1.96 bits per heavy atom. The van der Waals surface area contributed by atoms with Crippen LogP contribution in [0.5, 0.6) is 0 Å². The molecule has 0 saturated carbocycles. The SMILES string of the molecule is CNc1nc2c(C(=O)Nc3cccc(Cl)c3C)cc(NC(C)=O)cc2[nH]1. The third-order valence-electron chi connectivity index (χ3n) is 3.90. The molecular formula is C18H18ClN5O2. The number of benzene rings is 2. The molecule has 0 aliphatic heterocycles. The van der Waals surface area contributed by atoms with E-state index in [4.69, 9.17) is 11.6 Å². The second kappa shape index (κ2) is 7.05. The van der Waals surface area contributed by atoms with E-state index in [1.807, 2.05) is 6.92 Å². The summed E-state index contributed by atoms with van der Waals surface area (Å²) in [6.45, 7) is 3.24. The Morgan fingerprint density at radius 3 is 2.65 bits per heavy atom. The first-order chi connectivity index (χ1) is 12.4. The van der Waals surface area contributed by atoms with Crippen molar-refractivity contribution in [1.82, 2.24) is 9.97 Å². The lowest BCUT2D eigenvalue weighted by Gasteiger charge is -2.11. The maximum Gasteiger partial charge on any atom is 0.258 e. The van der Waals surface area contributed by atoms with Crippen molar-refractivity contribution in [2.24, 2.45) is 0 Å². The number of carbonyl (C=O) groups is 2. The summed E-state index contributed by atoms with van der Waals surface area (Å²) in [5.41, 5.74) is 3.36. The van der Waals surface area contributed by atoms with E-state index in [2.05, 4.69) is 25.9 Å². The van der Waals surface area contributed by atoms with Gasteiger partial charge >= 0.3 is 0 Å². The summed E-state index contributed by atoms with van der Waals surface area (Å²) < 4.78 is 0. The Kier molecular flexibility index (Phi) is 4.81. The van der Waals surface area contributed by atoms with Gasteiger partial charge in [-0.1, -0.05) is 17.7 Å². The molecule has 26 heavy (non-hydrogen) atoms. The van der Waals surface area contributed by atoms with Crippen LogP contribution in [0, 0.1) is 6.92 Å². The zero-order valence-electron chi connectivity index (χ0n) is 14.5. The Labute approximate surface area is 155 Å². The molecule has 0 saturated heterocycles. The second-order valence-electron chi connectivity index (χ2n) is 5.80. The summed E-state index contributed by atoms with van der Waals surface area (Å²) in [4.78, 5) is 31.7. The maximum absolute atomic E-state index is 12.9. The maximum atomic E-state index is 12.9. The number of anilines is 3. The minimum atomic E-state index is -0.346. The number of fused-ring (bicyclic) bond motifs is 1. The lowest BCUT2D eigenvalue weighted by atomic mass is 10.1. The molecule has 1 aromatic heterocycles. The van der Waals surface area contributed by atoms with E-state index in [1.54, 1.807) is 37.4 Å². The molecule has 0 atom stereocenters. The van der Waals surface area contributed by atoms with Crippen LogP contribution in [0.3, 0.4) is 0 Å². The number of carbonyl (C=O) groups excluding carboxylic acids is 2. The van der Waals surface area contributed by atoms with Gasteiger partial charge in [0, 0.05) is 30.4 Å². The minimum Gasteiger partial charge on any atom is -0.359 e. The van der Waals surface area contributed by atoms with Crippen LogP contribution in [0.1, 0.15) is 22.8 Å². The Bertz CT molecular complexity index is 1010. The average Bonchev–Trinajstić information content (AvgIpc) is 3.00. The molecule has 4 N–H and O–H groups in total. The van der Waals surface area contributed by atoms with E-state index >= 15 is 0 Å². The van der Waals surface area contributed by atoms with Gasteiger partial charge in [0.2, 0.25) is 11.9 Å². The van der Waals surface area contributed by atoms with Crippen molar-refractivity contribution < 1.29 is 9.59 Å². The van der Waals surface area contributed by atoms with Gasteiger partial charge in [0.25, 0.3) is 5.91 Å². The van der Waals surface area contributed by atoms with Crippen molar-refractivity contribution in [2.75, 3.05) is 23.0 Å². The number of hydrogen-bond acceptors (Lipinski definition) is 4. The first-order valence-electron chi connectivity index (χ1n) is 7.94. The molecule has 8 heteroatoms. The first-order valence-corrected chi connectivity index (χ1v) is 8.32. The molecular weight excluding hydrogens is 354 g/mol. The van der Waals surface area contributed by atoms with Crippen molar-refractivity contribution in [3.63, 3.8) is 0 Å². The van der Waals surface area contributed by atoms with Crippen molar-refractivity contribution in [3.05, 3.63) is 46.5 Å². The highest BCUT2D eigenvalue weighted by atomic mass is 35.5. The van der Waals surface area contributed by atoms with Crippen LogP contribution in [-0.4, -0.2) is 28.8 Å². The van der Waals surface area contributed by atoms with Crippen LogP contribution in [0.4, 0.5) is 17.3 Å². The summed E-state index contributed by atoms with van der Waals surface area (Å²) in [6.07, 6.45) is 0. The van der Waals surface area contributed by atoms with Gasteiger partial charge in [0.15, 0.2) is 0 Å². The van der Waals surface area contributed by atoms with Crippen LogP contribution < -0.4 is 16.0 Å². The van der Waals surface area contributed by atoms with Crippen LogP contribution in [0.2, 0.25) is 5.02 Å². The van der Waals surface area contributed by atoms with Crippen molar-refractivity contribution >= 4 is 51.8 Å².